The number of hydrogen-bond donors (Lipinski definition) is 1. The zero-order valence-electron chi connectivity index (χ0n) is 12.4. The van der Waals surface area contributed by atoms with Crippen LogP contribution < -0.4 is 0 Å². The molecule has 0 radical (unpaired) electrons. The van der Waals surface area contributed by atoms with Crippen molar-refractivity contribution in [3.05, 3.63) is 0 Å². The fourth-order valence-corrected chi connectivity index (χ4v) is 2.28. The minimum Gasteiger partial charge on any atom is -0.389 e. The maximum absolute atomic E-state index is 12.3. The Morgan fingerprint density at radius 2 is 1.79 bits per heavy atom. The predicted molar refractivity (Wildman–Crippen MR) is 73.3 cm³/mol. The van der Waals surface area contributed by atoms with Crippen molar-refractivity contribution in [2.45, 2.75) is 39.7 Å². The van der Waals surface area contributed by atoms with Crippen LogP contribution in [0.15, 0.2) is 0 Å². The number of β-amino-alcohol motifs (C(OH)–C–C–N with tert-alkyl or cyclic N) is 1. The van der Waals surface area contributed by atoms with E-state index in [0.717, 1.165) is 13.1 Å². The molecule has 0 saturated carbocycles. The summed E-state index contributed by atoms with van der Waals surface area (Å²) in [7, 11) is 0. The quantitative estimate of drug-likeness (QED) is 0.819. The second-order valence-electron chi connectivity index (χ2n) is 6.18. The van der Waals surface area contributed by atoms with Crippen LogP contribution in [0, 0.1) is 16.7 Å². The molecule has 0 aromatic carbocycles. The standard InChI is InChI=1S/C14H25N3O2/c1-5-14(4,10-15)12(18)17-8-6-16(7-9-17)11-13(2,3)19/h19H,5-9,11H2,1-4H3. The van der Waals surface area contributed by atoms with E-state index in [9.17, 15) is 9.90 Å². The van der Waals surface area contributed by atoms with Gasteiger partial charge in [-0.1, -0.05) is 6.92 Å². The van der Waals surface area contributed by atoms with Gasteiger partial charge in [-0.3, -0.25) is 9.69 Å². The highest BCUT2D eigenvalue weighted by molar-refractivity contribution is 5.85. The zero-order valence-corrected chi connectivity index (χ0v) is 12.4. The Kier molecular flexibility index (Phi) is 4.94. The van der Waals surface area contributed by atoms with E-state index < -0.39 is 11.0 Å². The highest BCUT2D eigenvalue weighted by Gasteiger charge is 2.36. The van der Waals surface area contributed by atoms with Gasteiger partial charge in [0, 0.05) is 32.7 Å². The molecule has 19 heavy (non-hydrogen) atoms. The van der Waals surface area contributed by atoms with E-state index in [1.165, 1.54) is 0 Å². The average molecular weight is 267 g/mol. The molecule has 108 valence electrons. The average Bonchev–Trinajstić information content (AvgIpc) is 2.36. The third-order valence-corrected chi connectivity index (χ3v) is 3.70. The topological polar surface area (TPSA) is 67.6 Å². The van der Waals surface area contributed by atoms with Crippen molar-refractivity contribution in [1.29, 1.82) is 5.26 Å². The number of aliphatic hydroxyl groups is 1. The third-order valence-electron chi connectivity index (χ3n) is 3.70. The van der Waals surface area contributed by atoms with Crippen LogP contribution in [0.1, 0.15) is 34.1 Å². The summed E-state index contributed by atoms with van der Waals surface area (Å²) in [6.45, 7) is 10.5. The van der Waals surface area contributed by atoms with Crippen molar-refractivity contribution in [2.75, 3.05) is 32.7 Å². The van der Waals surface area contributed by atoms with Gasteiger partial charge in [-0.25, -0.2) is 0 Å². The third kappa shape index (κ3) is 4.19. The Morgan fingerprint density at radius 1 is 1.26 bits per heavy atom. The first-order valence-corrected chi connectivity index (χ1v) is 6.87. The number of carbonyl (C=O) groups is 1. The summed E-state index contributed by atoms with van der Waals surface area (Å²) in [5.74, 6) is -0.0691. The maximum atomic E-state index is 12.3. The number of rotatable bonds is 4. The molecule has 1 aliphatic heterocycles. The predicted octanol–water partition coefficient (Wildman–Crippen LogP) is 0.841. The van der Waals surface area contributed by atoms with Gasteiger partial charge in [0.1, 0.15) is 5.41 Å². The molecule has 0 bridgehead atoms. The Morgan fingerprint density at radius 3 is 2.16 bits per heavy atom. The van der Waals surface area contributed by atoms with E-state index in [4.69, 9.17) is 5.26 Å². The molecule has 1 saturated heterocycles. The number of hydrogen-bond acceptors (Lipinski definition) is 4. The second kappa shape index (κ2) is 5.89. The molecule has 5 heteroatoms. The van der Waals surface area contributed by atoms with E-state index in [1.54, 1.807) is 25.7 Å². The van der Waals surface area contributed by atoms with Gasteiger partial charge < -0.3 is 10.0 Å². The minimum atomic E-state index is -0.904. The fraction of sp³-hybridized carbons (Fsp3) is 0.857. The van der Waals surface area contributed by atoms with Crippen LogP contribution in [-0.4, -0.2) is 59.1 Å². The zero-order chi connectivity index (χ0) is 14.7. The largest absolute Gasteiger partial charge is 0.389 e. The lowest BCUT2D eigenvalue weighted by Crippen LogP contribution is -2.54. The summed E-state index contributed by atoms with van der Waals surface area (Å²) in [4.78, 5) is 16.2. The molecule has 5 nitrogen and oxygen atoms in total. The molecule has 0 aliphatic carbocycles. The van der Waals surface area contributed by atoms with Gasteiger partial charge in [0.25, 0.3) is 0 Å². The van der Waals surface area contributed by atoms with Crippen LogP contribution in [-0.2, 0) is 4.79 Å². The molecule has 1 N–H and O–H groups in total. The number of nitrogens with zero attached hydrogens (tertiary/aromatic N) is 3. The van der Waals surface area contributed by atoms with Gasteiger partial charge in [-0.05, 0) is 27.2 Å². The summed E-state index contributed by atoms with van der Waals surface area (Å²) in [5.41, 5.74) is -1.62. The monoisotopic (exact) mass is 267 g/mol. The fourth-order valence-electron chi connectivity index (χ4n) is 2.28. The lowest BCUT2D eigenvalue weighted by Gasteiger charge is -2.39. The number of piperazine rings is 1. The molecular weight excluding hydrogens is 242 g/mol. The molecule has 1 atom stereocenters. The van der Waals surface area contributed by atoms with Crippen molar-refractivity contribution in [3.63, 3.8) is 0 Å². The molecule has 1 heterocycles. The molecule has 1 rings (SSSR count). The van der Waals surface area contributed by atoms with Gasteiger partial charge in [-0.15, -0.1) is 0 Å². The first-order chi connectivity index (χ1) is 8.72. The van der Waals surface area contributed by atoms with Crippen LogP contribution in [0.5, 0.6) is 0 Å². The Hall–Kier alpha value is -1.12. The van der Waals surface area contributed by atoms with Crippen LogP contribution in [0.2, 0.25) is 0 Å². The lowest BCUT2D eigenvalue weighted by atomic mass is 9.87. The number of nitriles is 1. The van der Waals surface area contributed by atoms with E-state index in [0.29, 0.717) is 26.1 Å². The number of carbonyl (C=O) groups excluding carboxylic acids is 1. The van der Waals surface area contributed by atoms with Gasteiger partial charge >= 0.3 is 0 Å². The summed E-state index contributed by atoms with van der Waals surface area (Å²) >= 11 is 0. The molecule has 1 fully saturated rings. The Labute approximate surface area is 115 Å². The highest BCUT2D eigenvalue weighted by atomic mass is 16.3. The molecule has 1 amide bonds. The van der Waals surface area contributed by atoms with Crippen LogP contribution >= 0.6 is 0 Å². The number of amides is 1. The van der Waals surface area contributed by atoms with Gasteiger partial charge in [-0.2, -0.15) is 5.26 Å². The highest BCUT2D eigenvalue weighted by Crippen LogP contribution is 2.24. The van der Waals surface area contributed by atoms with E-state index in [-0.39, 0.29) is 5.91 Å². The van der Waals surface area contributed by atoms with Crippen LogP contribution in [0.4, 0.5) is 0 Å². The normalized spacial score (nSPS) is 20.7. The molecule has 1 unspecified atom stereocenters. The van der Waals surface area contributed by atoms with E-state index in [1.807, 2.05) is 6.92 Å². The summed E-state index contributed by atoms with van der Waals surface area (Å²) in [6.07, 6.45) is 0.534. The lowest BCUT2D eigenvalue weighted by molar-refractivity contribution is -0.140. The second-order valence-corrected chi connectivity index (χ2v) is 6.18. The molecule has 0 aromatic heterocycles. The van der Waals surface area contributed by atoms with Crippen LogP contribution in [0.25, 0.3) is 0 Å². The SMILES string of the molecule is CCC(C)(C#N)C(=O)N1CCN(CC(C)(C)O)CC1. The molecule has 0 aromatic rings. The van der Waals surface area contributed by atoms with Crippen molar-refractivity contribution < 1.29 is 9.90 Å². The van der Waals surface area contributed by atoms with Crippen LogP contribution in [0.3, 0.4) is 0 Å². The minimum absolute atomic E-state index is 0.0691. The molecule has 1 aliphatic rings. The smallest absolute Gasteiger partial charge is 0.242 e. The summed E-state index contributed by atoms with van der Waals surface area (Å²) < 4.78 is 0. The van der Waals surface area contributed by atoms with E-state index in [2.05, 4.69) is 11.0 Å². The van der Waals surface area contributed by atoms with Crippen molar-refractivity contribution in [1.82, 2.24) is 9.80 Å². The van der Waals surface area contributed by atoms with Gasteiger partial charge in [0.15, 0.2) is 0 Å². The Balaban J connectivity index is 2.55. The van der Waals surface area contributed by atoms with Crippen molar-refractivity contribution >= 4 is 5.91 Å². The molecule has 0 spiro atoms. The summed E-state index contributed by atoms with van der Waals surface area (Å²) in [5, 5.41) is 18.9. The van der Waals surface area contributed by atoms with Crippen molar-refractivity contribution in [3.8, 4) is 6.07 Å². The van der Waals surface area contributed by atoms with Gasteiger partial charge in [0.05, 0.1) is 11.7 Å². The molecular formula is C14H25N3O2. The first-order valence-electron chi connectivity index (χ1n) is 6.87. The first kappa shape index (κ1) is 15.9. The maximum Gasteiger partial charge on any atom is 0.242 e. The van der Waals surface area contributed by atoms with Gasteiger partial charge in [0.2, 0.25) is 5.91 Å². The summed E-state index contributed by atoms with van der Waals surface area (Å²) in [6, 6.07) is 2.13. The Bertz CT molecular complexity index is 362. The van der Waals surface area contributed by atoms with E-state index >= 15 is 0 Å². The van der Waals surface area contributed by atoms with Crippen molar-refractivity contribution in [2.24, 2.45) is 5.41 Å².